The van der Waals surface area contributed by atoms with Gasteiger partial charge in [0, 0.05) is 19.3 Å². The van der Waals surface area contributed by atoms with Crippen molar-refractivity contribution in [3.8, 4) is 0 Å². The summed E-state index contributed by atoms with van der Waals surface area (Å²) in [7, 11) is 0. The molecule has 0 aromatic carbocycles. The van der Waals surface area contributed by atoms with Gasteiger partial charge in [-0.3, -0.25) is 14.4 Å². The van der Waals surface area contributed by atoms with Crippen LogP contribution in [-0.4, -0.2) is 37.2 Å². The largest absolute Gasteiger partial charge is 0.462 e. The summed E-state index contributed by atoms with van der Waals surface area (Å²) in [6.07, 6.45) is 82.6. The van der Waals surface area contributed by atoms with Gasteiger partial charge in [0.2, 0.25) is 0 Å². The summed E-state index contributed by atoms with van der Waals surface area (Å²) >= 11 is 0. The van der Waals surface area contributed by atoms with Gasteiger partial charge in [-0.1, -0.05) is 259 Å². The third-order valence-electron chi connectivity index (χ3n) is 13.3. The van der Waals surface area contributed by atoms with Crippen LogP contribution >= 0.6 is 0 Å². The van der Waals surface area contributed by atoms with E-state index in [2.05, 4.69) is 118 Å². The fourth-order valence-electron chi connectivity index (χ4n) is 8.62. The van der Waals surface area contributed by atoms with E-state index in [4.69, 9.17) is 14.2 Å². The molecule has 1 atom stereocenters. The molecular weight excluding hydrogens is 913 g/mol. The number of esters is 3. The molecule has 0 fully saturated rings. The van der Waals surface area contributed by atoms with Gasteiger partial charge in [-0.15, -0.1) is 0 Å². The Kier molecular flexibility index (Phi) is 58.8. The van der Waals surface area contributed by atoms with E-state index in [-0.39, 0.29) is 31.1 Å². The van der Waals surface area contributed by atoms with E-state index in [9.17, 15) is 14.4 Å². The van der Waals surface area contributed by atoms with Crippen molar-refractivity contribution < 1.29 is 28.6 Å². The third kappa shape index (κ3) is 59.2. The maximum atomic E-state index is 12.9. The second kappa shape index (κ2) is 61.9. The van der Waals surface area contributed by atoms with Gasteiger partial charge in [-0.25, -0.2) is 0 Å². The van der Waals surface area contributed by atoms with Crippen LogP contribution in [0, 0.1) is 0 Å². The molecule has 0 aromatic rings. The second-order valence-corrected chi connectivity index (χ2v) is 20.6. The van der Waals surface area contributed by atoms with Crippen LogP contribution in [0.3, 0.4) is 0 Å². The van der Waals surface area contributed by atoms with Crippen LogP contribution in [-0.2, 0) is 28.6 Å². The Bertz CT molecular complexity index is 1460. The molecule has 0 saturated carbocycles. The highest BCUT2D eigenvalue weighted by Gasteiger charge is 2.19. The first-order valence-electron chi connectivity index (χ1n) is 31.2. The molecule has 74 heavy (non-hydrogen) atoms. The van der Waals surface area contributed by atoms with Crippen LogP contribution < -0.4 is 0 Å². The molecule has 0 spiro atoms. The smallest absolute Gasteiger partial charge is 0.306 e. The highest BCUT2D eigenvalue weighted by Crippen LogP contribution is 2.15. The first-order valence-corrected chi connectivity index (χ1v) is 31.2. The Morgan fingerprint density at radius 2 is 0.554 bits per heavy atom. The lowest BCUT2D eigenvalue weighted by Gasteiger charge is -2.18. The molecule has 0 aliphatic carbocycles. The number of allylic oxidation sites excluding steroid dienone is 16. The van der Waals surface area contributed by atoms with E-state index in [1.807, 2.05) is 0 Å². The van der Waals surface area contributed by atoms with Crippen molar-refractivity contribution in [1.29, 1.82) is 0 Å². The van der Waals surface area contributed by atoms with E-state index in [0.29, 0.717) is 19.3 Å². The van der Waals surface area contributed by atoms with E-state index >= 15 is 0 Å². The van der Waals surface area contributed by atoms with Crippen molar-refractivity contribution in [3.05, 3.63) is 97.2 Å². The van der Waals surface area contributed by atoms with E-state index in [1.165, 1.54) is 128 Å². The first-order chi connectivity index (χ1) is 36.5. The molecule has 424 valence electrons. The molecule has 0 saturated heterocycles. The molecular formula is C68H116O6. The van der Waals surface area contributed by atoms with Crippen LogP contribution in [0.2, 0.25) is 0 Å². The summed E-state index contributed by atoms with van der Waals surface area (Å²) in [6.45, 7) is 6.46. The number of carbonyl (C=O) groups excluding carboxylic acids is 3. The van der Waals surface area contributed by atoms with Gasteiger partial charge in [0.25, 0.3) is 0 Å². The maximum absolute atomic E-state index is 12.9. The zero-order chi connectivity index (χ0) is 53.6. The van der Waals surface area contributed by atoms with Crippen molar-refractivity contribution >= 4 is 17.9 Å². The summed E-state index contributed by atoms with van der Waals surface area (Å²) in [5.41, 5.74) is 0. The number of unbranched alkanes of at least 4 members (excludes halogenated alkanes) is 29. The highest BCUT2D eigenvalue weighted by molar-refractivity contribution is 5.71. The molecule has 0 radical (unpaired) electrons. The molecule has 6 nitrogen and oxygen atoms in total. The van der Waals surface area contributed by atoms with Gasteiger partial charge >= 0.3 is 17.9 Å². The minimum Gasteiger partial charge on any atom is -0.462 e. The molecule has 0 aliphatic heterocycles. The predicted octanol–water partition coefficient (Wildman–Crippen LogP) is 21.3. The fraction of sp³-hybridized carbons (Fsp3) is 0.721. The number of hydrogen-bond acceptors (Lipinski definition) is 6. The monoisotopic (exact) mass is 1030 g/mol. The SMILES string of the molecule is CC/C=C\C/C=C\C/C=C\C/C=C\C/C=C\CCCCCCCCCCCC(=O)OCC(COC(=O)CCCCCCC/C=C\C/C=C\CCC)OC(=O)CCCCCCCCC/C=C\CCCCCCCCC. The third-order valence-corrected chi connectivity index (χ3v) is 13.3. The molecule has 0 rings (SSSR count). The predicted molar refractivity (Wildman–Crippen MR) is 320 cm³/mol. The van der Waals surface area contributed by atoms with Crippen LogP contribution in [0.15, 0.2) is 97.2 Å². The number of carbonyl (C=O) groups is 3. The molecule has 0 N–H and O–H groups in total. The van der Waals surface area contributed by atoms with Crippen molar-refractivity contribution in [2.75, 3.05) is 13.2 Å². The topological polar surface area (TPSA) is 78.9 Å². The van der Waals surface area contributed by atoms with Crippen molar-refractivity contribution in [2.45, 2.75) is 303 Å². The molecule has 1 unspecified atom stereocenters. The Morgan fingerprint density at radius 3 is 0.892 bits per heavy atom. The molecule has 6 heteroatoms. The number of hydrogen-bond donors (Lipinski definition) is 0. The summed E-state index contributed by atoms with van der Waals surface area (Å²) in [5, 5.41) is 0. The van der Waals surface area contributed by atoms with Gasteiger partial charge in [-0.2, -0.15) is 0 Å². The van der Waals surface area contributed by atoms with Gasteiger partial charge in [0.05, 0.1) is 0 Å². The average molecular weight is 1030 g/mol. The van der Waals surface area contributed by atoms with E-state index < -0.39 is 6.10 Å². The Balaban J connectivity index is 4.34. The van der Waals surface area contributed by atoms with Crippen molar-refractivity contribution in [3.63, 3.8) is 0 Å². The average Bonchev–Trinajstić information content (AvgIpc) is 3.40. The summed E-state index contributed by atoms with van der Waals surface area (Å²) < 4.78 is 16.9. The second-order valence-electron chi connectivity index (χ2n) is 20.6. The highest BCUT2D eigenvalue weighted by atomic mass is 16.6. The normalized spacial score (nSPS) is 12.7. The Morgan fingerprint density at radius 1 is 0.284 bits per heavy atom. The molecule has 0 amide bonds. The lowest BCUT2D eigenvalue weighted by molar-refractivity contribution is -0.167. The van der Waals surface area contributed by atoms with E-state index in [0.717, 1.165) is 128 Å². The summed E-state index contributed by atoms with van der Waals surface area (Å²) in [5.74, 6) is -0.903. The lowest BCUT2D eigenvalue weighted by Crippen LogP contribution is -2.30. The minimum atomic E-state index is -0.790. The lowest BCUT2D eigenvalue weighted by atomic mass is 10.1. The summed E-state index contributed by atoms with van der Waals surface area (Å²) in [6, 6.07) is 0. The number of ether oxygens (including phenoxy) is 3. The zero-order valence-electron chi connectivity index (χ0n) is 48.6. The Labute approximate surface area is 457 Å². The van der Waals surface area contributed by atoms with Gasteiger partial charge in [0.1, 0.15) is 13.2 Å². The zero-order valence-corrected chi connectivity index (χ0v) is 48.6. The van der Waals surface area contributed by atoms with Crippen molar-refractivity contribution in [2.24, 2.45) is 0 Å². The maximum Gasteiger partial charge on any atom is 0.306 e. The number of rotatable bonds is 56. The fourth-order valence-corrected chi connectivity index (χ4v) is 8.62. The Hall–Kier alpha value is -3.67. The molecule has 0 bridgehead atoms. The minimum absolute atomic E-state index is 0.0866. The van der Waals surface area contributed by atoms with Gasteiger partial charge in [-0.05, 0) is 116 Å². The van der Waals surface area contributed by atoms with E-state index in [1.54, 1.807) is 0 Å². The van der Waals surface area contributed by atoms with Gasteiger partial charge < -0.3 is 14.2 Å². The molecule has 0 heterocycles. The van der Waals surface area contributed by atoms with Crippen molar-refractivity contribution in [1.82, 2.24) is 0 Å². The molecule has 0 aromatic heterocycles. The van der Waals surface area contributed by atoms with Crippen LogP contribution in [0.5, 0.6) is 0 Å². The van der Waals surface area contributed by atoms with Crippen LogP contribution in [0.4, 0.5) is 0 Å². The van der Waals surface area contributed by atoms with Crippen LogP contribution in [0.25, 0.3) is 0 Å². The standard InChI is InChI=1S/C68H116O6/c1-4-7-10-13-16-19-22-25-27-29-31-32-33-34-35-36-37-39-40-43-46-49-52-55-58-61-67(70)73-64-65(63-72-66(69)60-57-54-51-48-45-42-24-21-18-15-12-9-6-3)74-68(71)62-59-56-53-50-47-44-41-38-30-28-26-23-20-17-14-11-8-5-2/h7,10,12,15-16,19,21,24-25,27-28,30-32,34-35,65H,4-6,8-9,11,13-14,17-18,20,22-23,26,29,33,36-64H2,1-3H3/b10-7-,15-12-,19-16-,24-21-,27-25-,30-28-,32-31-,35-34-. The van der Waals surface area contributed by atoms with Gasteiger partial charge in [0.15, 0.2) is 6.10 Å². The quantitative estimate of drug-likeness (QED) is 0.0261. The summed E-state index contributed by atoms with van der Waals surface area (Å²) in [4.78, 5) is 38.3. The molecule has 0 aliphatic rings. The first kappa shape index (κ1) is 70.3. The van der Waals surface area contributed by atoms with Crippen LogP contribution in [0.1, 0.15) is 297 Å².